The largest absolute Gasteiger partial charge is 0.508 e. The summed E-state index contributed by atoms with van der Waals surface area (Å²) in [4.78, 5) is 12.3. The predicted octanol–water partition coefficient (Wildman–Crippen LogP) is 4.76. The number of rotatable bonds is 18. The molecule has 3 rings (SSSR count). The molecule has 40 heavy (non-hydrogen) atoms. The number of carbonyl (C=O) groups is 1. The molecule has 0 saturated heterocycles. The lowest BCUT2D eigenvalue weighted by Crippen LogP contribution is -2.39. The Morgan fingerprint density at radius 2 is 1.75 bits per heavy atom. The number of aliphatic hydroxyl groups excluding tert-OH is 2. The highest BCUT2D eigenvalue weighted by Gasteiger charge is 2.15. The van der Waals surface area contributed by atoms with Crippen LogP contribution in [-0.2, 0) is 22.7 Å². The third-order valence-electron chi connectivity index (χ3n) is 7.15. The van der Waals surface area contributed by atoms with Crippen LogP contribution >= 0.6 is 0 Å². The molecule has 1 saturated carbocycles. The van der Waals surface area contributed by atoms with Gasteiger partial charge in [0.2, 0.25) is 0 Å². The zero-order valence-electron chi connectivity index (χ0n) is 23.6. The van der Waals surface area contributed by atoms with Crippen molar-refractivity contribution < 1.29 is 29.6 Å². The van der Waals surface area contributed by atoms with Crippen LogP contribution in [0.1, 0.15) is 80.6 Å². The van der Waals surface area contributed by atoms with E-state index in [0.717, 1.165) is 56.3 Å². The second-order valence-corrected chi connectivity index (χ2v) is 10.5. The second kappa shape index (κ2) is 18.6. The molecule has 1 aliphatic rings. The summed E-state index contributed by atoms with van der Waals surface area (Å²) in [5.74, 6) is 0.0364. The van der Waals surface area contributed by atoms with E-state index >= 15 is 0 Å². The van der Waals surface area contributed by atoms with E-state index in [1.165, 1.54) is 25.3 Å². The van der Waals surface area contributed by atoms with Gasteiger partial charge in [0, 0.05) is 30.4 Å². The Kier molecular flexibility index (Phi) is 14.8. The number of hydrogen-bond donors (Lipinski definition) is 6. The van der Waals surface area contributed by atoms with Crippen LogP contribution < -0.4 is 16.0 Å². The van der Waals surface area contributed by atoms with Gasteiger partial charge in [-0.15, -0.1) is 0 Å². The number of ether oxygens (including phenoxy) is 2. The minimum atomic E-state index is -0.681. The van der Waals surface area contributed by atoms with Crippen LogP contribution in [0.25, 0.3) is 0 Å². The summed E-state index contributed by atoms with van der Waals surface area (Å²) in [7, 11) is 0. The van der Waals surface area contributed by atoms with Crippen molar-refractivity contribution in [3.63, 3.8) is 0 Å². The van der Waals surface area contributed by atoms with E-state index in [2.05, 4.69) is 16.0 Å². The highest BCUT2D eigenvalue weighted by atomic mass is 16.5. The van der Waals surface area contributed by atoms with Gasteiger partial charge in [0.05, 0.1) is 32.5 Å². The van der Waals surface area contributed by atoms with Gasteiger partial charge in [0.25, 0.3) is 0 Å². The van der Waals surface area contributed by atoms with Crippen molar-refractivity contribution in [1.82, 2.24) is 10.6 Å². The summed E-state index contributed by atoms with van der Waals surface area (Å²) in [6.45, 7) is 3.24. The fraction of sp³-hybridized carbons (Fsp3) is 0.581. The van der Waals surface area contributed by atoms with Crippen molar-refractivity contribution >= 4 is 11.7 Å². The smallest absolute Gasteiger partial charge is 0.319 e. The molecular weight excluding hydrogens is 510 g/mol. The first-order chi connectivity index (χ1) is 19.5. The fourth-order valence-electron chi connectivity index (χ4n) is 4.85. The molecule has 222 valence electrons. The molecule has 0 bridgehead atoms. The first-order valence-corrected chi connectivity index (χ1v) is 14.7. The number of aromatic hydroxyl groups is 1. The van der Waals surface area contributed by atoms with Crippen molar-refractivity contribution in [3.05, 3.63) is 59.2 Å². The number of urea groups is 1. The van der Waals surface area contributed by atoms with E-state index in [-0.39, 0.29) is 24.4 Å². The maximum Gasteiger partial charge on any atom is 0.319 e. The van der Waals surface area contributed by atoms with Gasteiger partial charge in [-0.05, 0) is 67.6 Å². The number of amides is 2. The molecule has 0 aliphatic heterocycles. The van der Waals surface area contributed by atoms with Gasteiger partial charge in [-0.2, -0.15) is 0 Å². The van der Waals surface area contributed by atoms with Crippen molar-refractivity contribution in [3.8, 4) is 5.75 Å². The molecule has 0 spiro atoms. The molecule has 0 radical (unpaired) electrons. The number of hydrogen-bond acceptors (Lipinski definition) is 7. The van der Waals surface area contributed by atoms with E-state index < -0.39 is 6.10 Å². The van der Waals surface area contributed by atoms with Crippen molar-refractivity contribution in [2.75, 3.05) is 38.2 Å². The van der Waals surface area contributed by atoms with E-state index in [1.54, 1.807) is 12.1 Å². The quantitative estimate of drug-likeness (QED) is 0.146. The lowest BCUT2D eigenvalue weighted by Gasteiger charge is -2.22. The average molecular weight is 558 g/mol. The first-order valence-electron chi connectivity index (χ1n) is 14.7. The molecule has 1 aliphatic carbocycles. The van der Waals surface area contributed by atoms with Gasteiger partial charge in [-0.25, -0.2) is 4.79 Å². The van der Waals surface area contributed by atoms with Gasteiger partial charge in [0.1, 0.15) is 5.75 Å². The molecule has 0 unspecified atom stereocenters. The van der Waals surface area contributed by atoms with Gasteiger partial charge in [-0.3, -0.25) is 0 Å². The number of benzene rings is 2. The maximum absolute atomic E-state index is 12.3. The van der Waals surface area contributed by atoms with E-state index in [1.807, 2.05) is 24.3 Å². The summed E-state index contributed by atoms with van der Waals surface area (Å²) < 4.78 is 11.4. The van der Waals surface area contributed by atoms with Gasteiger partial charge >= 0.3 is 6.03 Å². The lowest BCUT2D eigenvalue weighted by atomic mass is 9.96. The fourth-order valence-corrected chi connectivity index (χ4v) is 4.85. The summed E-state index contributed by atoms with van der Waals surface area (Å²) in [6, 6.07) is 12.7. The Labute approximate surface area is 238 Å². The zero-order valence-corrected chi connectivity index (χ0v) is 23.6. The standard InChI is InChI=1S/C31H47N3O6/c35-22-26-20-25(13-14-29(26)36)30(37)21-32-15-6-1-2-7-16-39-17-18-40-23-24-9-8-12-28(19-24)34-31(38)33-27-10-4-3-5-11-27/h8-9,12-14,19-20,27,30,32,35-37H,1-7,10-11,15-18,21-23H2,(H2,33,34,38)/t30-/m1/s1. The van der Waals surface area contributed by atoms with Crippen LogP contribution in [-0.4, -0.2) is 60.3 Å². The SMILES string of the molecule is O=C(Nc1cccc(COCCOCCCCCCNC[C@@H](O)c2ccc(O)c(CO)c2)c1)NC1CCCCC1. The topological polar surface area (TPSA) is 132 Å². The third-order valence-corrected chi connectivity index (χ3v) is 7.15. The lowest BCUT2D eigenvalue weighted by molar-refractivity contribution is 0.0393. The Hall–Kier alpha value is -2.69. The molecule has 6 N–H and O–H groups in total. The molecule has 9 heteroatoms. The molecular formula is C31H47N3O6. The summed E-state index contributed by atoms with van der Waals surface area (Å²) in [5.41, 5.74) is 2.87. The van der Waals surface area contributed by atoms with Crippen LogP contribution in [0.15, 0.2) is 42.5 Å². The summed E-state index contributed by atoms with van der Waals surface area (Å²) in [6.07, 6.45) is 9.25. The number of anilines is 1. The monoisotopic (exact) mass is 557 g/mol. The van der Waals surface area contributed by atoms with Crippen molar-refractivity contribution in [2.24, 2.45) is 0 Å². The number of unbranched alkanes of at least 4 members (excludes halogenated alkanes) is 3. The van der Waals surface area contributed by atoms with Crippen molar-refractivity contribution in [2.45, 2.75) is 83.1 Å². The Balaban J connectivity index is 1.14. The third kappa shape index (κ3) is 12.2. The summed E-state index contributed by atoms with van der Waals surface area (Å²) in [5, 5.41) is 38.4. The molecule has 1 fully saturated rings. The molecule has 2 aromatic carbocycles. The van der Waals surface area contributed by atoms with E-state index in [0.29, 0.717) is 44.1 Å². The van der Waals surface area contributed by atoms with Crippen LogP contribution in [0.2, 0.25) is 0 Å². The number of nitrogens with one attached hydrogen (secondary N) is 3. The summed E-state index contributed by atoms with van der Waals surface area (Å²) >= 11 is 0. The molecule has 2 amide bonds. The van der Waals surface area contributed by atoms with E-state index in [9.17, 15) is 20.1 Å². The number of carbonyl (C=O) groups excluding carboxylic acids is 1. The minimum absolute atomic E-state index is 0.0364. The molecule has 0 heterocycles. The van der Waals surface area contributed by atoms with E-state index in [4.69, 9.17) is 9.47 Å². The Morgan fingerprint density at radius 3 is 2.58 bits per heavy atom. The number of phenols is 1. The molecule has 0 aromatic heterocycles. The predicted molar refractivity (Wildman–Crippen MR) is 156 cm³/mol. The Morgan fingerprint density at radius 1 is 0.950 bits per heavy atom. The van der Waals surface area contributed by atoms with Crippen LogP contribution in [0.3, 0.4) is 0 Å². The Bertz CT molecular complexity index is 999. The second-order valence-electron chi connectivity index (χ2n) is 10.5. The van der Waals surface area contributed by atoms with Gasteiger partial charge < -0.3 is 40.7 Å². The average Bonchev–Trinajstić information content (AvgIpc) is 2.96. The maximum atomic E-state index is 12.3. The van der Waals surface area contributed by atoms with Crippen molar-refractivity contribution in [1.29, 1.82) is 0 Å². The normalized spacial score (nSPS) is 14.7. The molecule has 1 atom stereocenters. The van der Waals surface area contributed by atoms with Gasteiger partial charge in [-0.1, -0.05) is 50.3 Å². The number of aliphatic hydroxyl groups is 2. The van der Waals surface area contributed by atoms with Crippen LogP contribution in [0, 0.1) is 0 Å². The van der Waals surface area contributed by atoms with Gasteiger partial charge in [0.15, 0.2) is 0 Å². The van der Waals surface area contributed by atoms with Crippen LogP contribution in [0.4, 0.5) is 10.5 Å². The molecule has 2 aromatic rings. The first kappa shape index (κ1) is 31.8. The minimum Gasteiger partial charge on any atom is -0.508 e. The zero-order chi connectivity index (χ0) is 28.4. The van der Waals surface area contributed by atoms with Crippen LogP contribution in [0.5, 0.6) is 5.75 Å². The highest BCUT2D eigenvalue weighted by Crippen LogP contribution is 2.22. The highest BCUT2D eigenvalue weighted by molar-refractivity contribution is 5.89. The molecule has 9 nitrogen and oxygen atoms in total.